The maximum atomic E-state index is 12.5. The summed E-state index contributed by atoms with van der Waals surface area (Å²) in [5, 5.41) is 2.76. The van der Waals surface area contributed by atoms with Gasteiger partial charge in [-0.2, -0.15) is 0 Å². The number of carbonyl (C=O) groups is 1. The highest BCUT2D eigenvalue weighted by Crippen LogP contribution is 2.26. The Morgan fingerprint density at radius 3 is 2.59 bits per heavy atom. The van der Waals surface area contributed by atoms with Crippen molar-refractivity contribution in [3.63, 3.8) is 0 Å². The summed E-state index contributed by atoms with van der Waals surface area (Å²) in [5.41, 5.74) is 3.01. The zero-order valence-electron chi connectivity index (χ0n) is 19.0. The van der Waals surface area contributed by atoms with Crippen LogP contribution in [0.25, 0.3) is 22.6 Å². The fourth-order valence-electron chi connectivity index (χ4n) is 4.14. The molecular formula is C24H31N5O3. The number of imidazole rings is 1. The largest absolute Gasteiger partial charge is 0.444 e. The molecule has 1 fully saturated rings. The SMILES string of the molecule is CC(C)(C)OC(=O)NCc1ccc(-c2cnc3[nH]c(=O)n(CC4CCCCC4)c3n2)cc1. The van der Waals surface area contributed by atoms with E-state index < -0.39 is 11.7 Å². The lowest BCUT2D eigenvalue weighted by Gasteiger charge is -2.21. The number of nitrogens with zero attached hydrogens (tertiary/aromatic N) is 3. The van der Waals surface area contributed by atoms with Crippen molar-refractivity contribution in [1.82, 2.24) is 24.8 Å². The third-order valence-corrected chi connectivity index (χ3v) is 5.73. The molecule has 0 bridgehead atoms. The second-order valence-electron chi connectivity index (χ2n) is 9.52. The fourth-order valence-corrected chi connectivity index (χ4v) is 4.14. The Balaban J connectivity index is 1.49. The Bertz CT molecular complexity index is 1140. The van der Waals surface area contributed by atoms with Crippen LogP contribution in [-0.2, 0) is 17.8 Å². The summed E-state index contributed by atoms with van der Waals surface area (Å²) in [7, 11) is 0. The summed E-state index contributed by atoms with van der Waals surface area (Å²) < 4.78 is 7.00. The van der Waals surface area contributed by atoms with E-state index in [0.717, 1.165) is 24.0 Å². The van der Waals surface area contributed by atoms with E-state index in [1.807, 2.05) is 45.0 Å². The van der Waals surface area contributed by atoms with E-state index in [2.05, 4.69) is 15.3 Å². The quantitative estimate of drug-likeness (QED) is 0.616. The number of benzene rings is 1. The van der Waals surface area contributed by atoms with Gasteiger partial charge in [0.25, 0.3) is 0 Å². The molecule has 3 aromatic rings. The predicted octanol–water partition coefficient (Wildman–Crippen LogP) is 4.39. The average Bonchev–Trinajstić information content (AvgIpc) is 3.06. The molecule has 0 saturated heterocycles. The van der Waals surface area contributed by atoms with E-state index in [1.165, 1.54) is 19.3 Å². The normalized spacial score (nSPS) is 15.1. The van der Waals surface area contributed by atoms with Gasteiger partial charge in [-0.3, -0.25) is 9.55 Å². The number of carbonyl (C=O) groups excluding carboxylic acids is 1. The van der Waals surface area contributed by atoms with Gasteiger partial charge in [0.15, 0.2) is 11.3 Å². The van der Waals surface area contributed by atoms with E-state index in [-0.39, 0.29) is 5.69 Å². The van der Waals surface area contributed by atoms with Crippen molar-refractivity contribution >= 4 is 17.4 Å². The number of amides is 1. The van der Waals surface area contributed by atoms with Crippen molar-refractivity contribution < 1.29 is 9.53 Å². The highest BCUT2D eigenvalue weighted by atomic mass is 16.6. The summed E-state index contributed by atoms with van der Waals surface area (Å²) >= 11 is 0. The van der Waals surface area contributed by atoms with Crippen molar-refractivity contribution in [2.45, 2.75) is 71.6 Å². The molecule has 0 spiro atoms. The molecule has 2 N–H and O–H groups in total. The summed E-state index contributed by atoms with van der Waals surface area (Å²) in [6.45, 7) is 6.56. The molecule has 1 amide bonds. The van der Waals surface area contributed by atoms with Crippen molar-refractivity contribution in [1.29, 1.82) is 0 Å². The van der Waals surface area contributed by atoms with Gasteiger partial charge in [0, 0.05) is 18.7 Å². The van der Waals surface area contributed by atoms with Crippen LogP contribution in [0.3, 0.4) is 0 Å². The van der Waals surface area contributed by atoms with Gasteiger partial charge < -0.3 is 10.1 Å². The smallest absolute Gasteiger partial charge is 0.407 e. The molecule has 0 unspecified atom stereocenters. The first-order valence-electron chi connectivity index (χ1n) is 11.3. The highest BCUT2D eigenvalue weighted by Gasteiger charge is 2.19. The molecule has 8 heteroatoms. The molecule has 1 saturated carbocycles. The Morgan fingerprint density at radius 1 is 1.19 bits per heavy atom. The lowest BCUT2D eigenvalue weighted by molar-refractivity contribution is 0.0523. The second kappa shape index (κ2) is 9.14. The molecule has 0 aliphatic heterocycles. The zero-order chi connectivity index (χ0) is 22.7. The van der Waals surface area contributed by atoms with Crippen molar-refractivity contribution in [2.75, 3.05) is 0 Å². The van der Waals surface area contributed by atoms with Gasteiger partial charge in [-0.05, 0) is 45.1 Å². The number of hydrogen-bond acceptors (Lipinski definition) is 5. The van der Waals surface area contributed by atoms with Crippen LogP contribution in [0.1, 0.15) is 58.4 Å². The lowest BCUT2D eigenvalue weighted by atomic mass is 9.89. The number of H-pyrrole nitrogens is 1. The van der Waals surface area contributed by atoms with Crippen molar-refractivity contribution in [3.8, 4) is 11.3 Å². The Labute approximate surface area is 187 Å². The monoisotopic (exact) mass is 437 g/mol. The number of aromatic nitrogens is 4. The van der Waals surface area contributed by atoms with Gasteiger partial charge in [-0.15, -0.1) is 0 Å². The third kappa shape index (κ3) is 5.36. The van der Waals surface area contributed by atoms with E-state index in [0.29, 0.717) is 36.0 Å². The number of rotatable bonds is 5. The Hall–Kier alpha value is -3.16. The maximum absolute atomic E-state index is 12.5. The molecule has 1 aliphatic rings. The fraction of sp³-hybridized carbons (Fsp3) is 0.500. The van der Waals surface area contributed by atoms with Crippen LogP contribution in [0, 0.1) is 5.92 Å². The Kier molecular flexibility index (Phi) is 6.30. The maximum Gasteiger partial charge on any atom is 0.407 e. The van der Waals surface area contributed by atoms with Gasteiger partial charge in [0.05, 0.1) is 11.9 Å². The molecule has 0 radical (unpaired) electrons. The van der Waals surface area contributed by atoms with Gasteiger partial charge in [0.1, 0.15) is 5.60 Å². The molecule has 1 aromatic carbocycles. The number of aromatic amines is 1. The first-order valence-corrected chi connectivity index (χ1v) is 11.3. The molecule has 170 valence electrons. The molecule has 1 aliphatic carbocycles. The molecule has 8 nitrogen and oxygen atoms in total. The minimum atomic E-state index is -0.527. The molecular weight excluding hydrogens is 406 g/mol. The van der Waals surface area contributed by atoms with Gasteiger partial charge >= 0.3 is 11.8 Å². The van der Waals surface area contributed by atoms with Gasteiger partial charge in [-0.1, -0.05) is 43.5 Å². The standard InChI is InChI=1S/C24H31N5O3/c1-24(2,3)32-23(31)26-13-16-9-11-18(12-10-16)19-14-25-20-21(27-19)29(22(30)28-20)15-17-7-5-4-6-8-17/h9-12,14,17H,4-8,13,15H2,1-3H3,(H,26,31)(H,25,28,30). The van der Waals surface area contributed by atoms with Gasteiger partial charge in [-0.25, -0.2) is 19.6 Å². The van der Waals surface area contributed by atoms with Crippen molar-refractivity contribution in [2.24, 2.45) is 5.92 Å². The van der Waals surface area contributed by atoms with E-state index in [1.54, 1.807) is 10.8 Å². The van der Waals surface area contributed by atoms with Crippen LogP contribution in [0.15, 0.2) is 35.3 Å². The van der Waals surface area contributed by atoms with Crippen LogP contribution >= 0.6 is 0 Å². The molecule has 0 atom stereocenters. The number of ether oxygens (including phenoxy) is 1. The number of hydrogen-bond donors (Lipinski definition) is 2. The predicted molar refractivity (Wildman–Crippen MR) is 123 cm³/mol. The van der Waals surface area contributed by atoms with Gasteiger partial charge in [0.2, 0.25) is 0 Å². The number of nitrogens with one attached hydrogen (secondary N) is 2. The van der Waals surface area contributed by atoms with Crippen LogP contribution in [0.2, 0.25) is 0 Å². The summed E-state index contributed by atoms with van der Waals surface area (Å²) in [5.74, 6) is 0.516. The number of alkyl carbamates (subject to hydrolysis) is 1. The zero-order valence-corrected chi connectivity index (χ0v) is 19.0. The number of fused-ring (bicyclic) bond motifs is 1. The van der Waals surface area contributed by atoms with Crippen LogP contribution in [-0.4, -0.2) is 31.2 Å². The summed E-state index contributed by atoms with van der Waals surface area (Å²) in [6, 6.07) is 7.76. The van der Waals surface area contributed by atoms with Crippen LogP contribution in [0.5, 0.6) is 0 Å². The summed E-state index contributed by atoms with van der Waals surface area (Å²) in [6.07, 6.45) is 7.29. The average molecular weight is 438 g/mol. The minimum Gasteiger partial charge on any atom is -0.444 e. The topological polar surface area (TPSA) is 102 Å². The van der Waals surface area contributed by atoms with Crippen LogP contribution < -0.4 is 11.0 Å². The minimum absolute atomic E-state index is 0.147. The van der Waals surface area contributed by atoms with Crippen molar-refractivity contribution in [3.05, 3.63) is 46.5 Å². The molecule has 32 heavy (non-hydrogen) atoms. The van der Waals surface area contributed by atoms with Crippen LogP contribution in [0.4, 0.5) is 4.79 Å². The molecule has 2 heterocycles. The summed E-state index contributed by atoms with van der Waals surface area (Å²) in [4.78, 5) is 36.4. The van der Waals surface area contributed by atoms with E-state index in [9.17, 15) is 9.59 Å². The molecule has 2 aromatic heterocycles. The molecule has 4 rings (SSSR count). The highest BCUT2D eigenvalue weighted by molar-refractivity contribution is 5.71. The first-order chi connectivity index (χ1) is 15.3. The van der Waals surface area contributed by atoms with E-state index in [4.69, 9.17) is 9.72 Å². The first kappa shape index (κ1) is 22.0. The second-order valence-corrected chi connectivity index (χ2v) is 9.52. The lowest BCUT2D eigenvalue weighted by Crippen LogP contribution is -2.32. The van der Waals surface area contributed by atoms with E-state index >= 15 is 0 Å². The Morgan fingerprint density at radius 2 is 1.91 bits per heavy atom. The third-order valence-electron chi connectivity index (χ3n) is 5.73.